The van der Waals surface area contributed by atoms with Crippen molar-refractivity contribution in [1.29, 1.82) is 0 Å². The highest BCUT2D eigenvalue weighted by atomic mass is 32.2. The first kappa shape index (κ1) is 19.2. The number of nitrogens with zero attached hydrogens (tertiary/aromatic N) is 3. The summed E-state index contributed by atoms with van der Waals surface area (Å²) in [6, 6.07) is 0.407. The van der Waals surface area contributed by atoms with Crippen molar-refractivity contribution in [2.45, 2.75) is 58.0 Å². The fraction of sp³-hybridized carbons (Fsp3) is 1.00. The van der Waals surface area contributed by atoms with Gasteiger partial charge in [-0.05, 0) is 39.7 Å². The number of sulfonamides is 1. The second-order valence-electron chi connectivity index (χ2n) is 7.73. The number of hydrogen-bond acceptors (Lipinski definition) is 4. The first-order valence-corrected chi connectivity index (χ1v) is 11.0. The summed E-state index contributed by atoms with van der Waals surface area (Å²) in [5.74, 6) is 0.648. The molecular formula is C17H35N3O2S. The van der Waals surface area contributed by atoms with Gasteiger partial charge in [0.1, 0.15) is 0 Å². The summed E-state index contributed by atoms with van der Waals surface area (Å²) in [6.45, 7) is 8.94. The largest absolute Gasteiger partial charge is 0.304 e. The Morgan fingerprint density at radius 2 is 1.61 bits per heavy atom. The van der Waals surface area contributed by atoms with Crippen LogP contribution in [0.15, 0.2) is 0 Å². The van der Waals surface area contributed by atoms with Gasteiger partial charge in [-0.25, -0.2) is 8.42 Å². The van der Waals surface area contributed by atoms with E-state index >= 15 is 0 Å². The van der Waals surface area contributed by atoms with Crippen molar-refractivity contribution < 1.29 is 8.42 Å². The van der Waals surface area contributed by atoms with Crippen LogP contribution in [0.4, 0.5) is 0 Å². The summed E-state index contributed by atoms with van der Waals surface area (Å²) in [5, 5.41) is 0. The molecule has 2 rings (SSSR count). The summed E-state index contributed by atoms with van der Waals surface area (Å²) < 4.78 is 26.2. The molecule has 0 bridgehead atoms. The molecule has 136 valence electrons. The van der Waals surface area contributed by atoms with E-state index in [4.69, 9.17) is 0 Å². The molecule has 1 unspecified atom stereocenters. The molecule has 6 heteroatoms. The summed E-state index contributed by atoms with van der Waals surface area (Å²) in [6.07, 6.45) is 7.81. The summed E-state index contributed by atoms with van der Waals surface area (Å²) in [4.78, 5) is 4.93. The van der Waals surface area contributed by atoms with Crippen LogP contribution in [0.3, 0.4) is 0 Å². The van der Waals surface area contributed by atoms with Crippen molar-refractivity contribution in [3.8, 4) is 0 Å². The lowest BCUT2D eigenvalue weighted by Crippen LogP contribution is -2.56. The van der Waals surface area contributed by atoms with E-state index in [1.807, 2.05) is 13.8 Å². The fourth-order valence-electron chi connectivity index (χ4n) is 4.15. The second kappa shape index (κ2) is 8.28. The highest BCUT2D eigenvalue weighted by molar-refractivity contribution is 7.88. The quantitative estimate of drug-likeness (QED) is 0.737. The Labute approximate surface area is 143 Å². The molecule has 1 heterocycles. The van der Waals surface area contributed by atoms with E-state index in [0.29, 0.717) is 18.5 Å². The maximum atomic E-state index is 12.2. The van der Waals surface area contributed by atoms with E-state index in [1.165, 1.54) is 38.4 Å². The van der Waals surface area contributed by atoms with Crippen molar-refractivity contribution in [1.82, 2.24) is 14.1 Å². The summed E-state index contributed by atoms with van der Waals surface area (Å²) in [5.41, 5.74) is 0. The van der Waals surface area contributed by atoms with Gasteiger partial charge in [-0.2, -0.15) is 4.31 Å². The molecule has 0 aromatic heterocycles. The molecule has 1 aliphatic carbocycles. The Kier molecular flexibility index (Phi) is 6.89. The number of hydrogen-bond donors (Lipinski definition) is 0. The molecule has 0 aromatic carbocycles. The van der Waals surface area contributed by atoms with Crippen LogP contribution in [0, 0.1) is 5.92 Å². The van der Waals surface area contributed by atoms with Crippen LogP contribution in [0.25, 0.3) is 0 Å². The third-order valence-corrected chi connectivity index (χ3v) is 6.99. The molecule has 1 saturated heterocycles. The van der Waals surface area contributed by atoms with Crippen LogP contribution in [0.2, 0.25) is 0 Å². The maximum absolute atomic E-state index is 12.2. The van der Waals surface area contributed by atoms with E-state index in [0.717, 1.165) is 26.2 Å². The van der Waals surface area contributed by atoms with Crippen molar-refractivity contribution in [2.75, 3.05) is 46.0 Å². The monoisotopic (exact) mass is 345 g/mol. The zero-order valence-electron chi connectivity index (χ0n) is 15.4. The van der Waals surface area contributed by atoms with E-state index in [9.17, 15) is 8.42 Å². The highest BCUT2D eigenvalue weighted by Crippen LogP contribution is 2.30. The Hall–Kier alpha value is -0.170. The van der Waals surface area contributed by atoms with Gasteiger partial charge in [-0.15, -0.1) is 0 Å². The maximum Gasteiger partial charge on any atom is 0.211 e. The molecule has 23 heavy (non-hydrogen) atoms. The number of rotatable bonds is 6. The average molecular weight is 346 g/mol. The lowest BCUT2D eigenvalue weighted by atomic mass is 9.82. The zero-order valence-corrected chi connectivity index (χ0v) is 16.2. The predicted octanol–water partition coefficient (Wildman–Crippen LogP) is 1.85. The van der Waals surface area contributed by atoms with Crippen LogP contribution >= 0.6 is 0 Å². The Morgan fingerprint density at radius 3 is 2.09 bits per heavy atom. The molecule has 2 aliphatic rings. The normalized spacial score (nSPS) is 24.4. The van der Waals surface area contributed by atoms with Crippen LogP contribution in [-0.4, -0.2) is 80.6 Å². The Morgan fingerprint density at radius 1 is 1.04 bits per heavy atom. The molecule has 0 amide bonds. The molecule has 0 radical (unpaired) electrons. The van der Waals surface area contributed by atoms with Gasteiger partial charge >= 0.3 is 0 Å². The van der Waals surface area contributed by atoms with Crippen molar-refractivity contribution in [3.05, 3.63) is 0 Å². The molecule has 0 N–H and O–H groups in total. The standard InChI is InChI=1S/C17H35N3O2S/c1-15(2)20(23(4,21)22)14-17(16-8-6-5-7-9-16)19-12-10-18(3)11-13-19/h15-17H,5-14H2,1-4H3. The molecular weight excluding hydrogens is 310 g/mol. The number of piperazine rings is 1. The lowest BCUT2D eigenvalue weighted by molar-refractivity contribution is 0.0538. The molecule has 0 spiro atoms. The fourth-order valence-corrected chi connectivity index (χ4v) is 5.34. The third kappa shape index (κ3) is 5.41. The van der Waals surface area contributed by atoms with E-state index in [2.05, 4.69) is 16.8 Å². The minimum absolute atomic E-state index is 0.0311. The topological polar surface area (TPSA) is 43.9 Å². The van der Waals surface area contributed by atoms with E-state index < -0.39 is 10.0 Å². The van der Waals surface area contributed by atoms with Gasteiger partial charge < -0.3 is 4.90 Å². The van der Waals surface area contributed by atoms with Crippen LogP contribution in [0.5, 0.6) is 0 Å². The Bertz CT molecular complexity index is 452. The van der Waals surface area contributed by atoms with Crippen LogP contribution in [-0.2, 0) is 10.0 Å². The SMILES string of the molecule is CC(C)N(CC(C1CCCCC1)N1CCN(C)CC1)S(C)(=O)=O. The summed E-state index contributed by atoms with van der Waals surface area (Å²) >= 11 is 0. The molecule has 0 aromatic rings. The van der Waals surface area contributed by atoms with Gasteiger partial charge in [0.25, 0.3) is 0 Å². The smallest absolute Gasteiger partial charge is 0.211 e. The average Bonchev–Trinajstić information content (AvgIpc) is 2.48. The molecule has 1 saturated carbocycles. The first-order chi connectivity index (χ1) is 10.8. The van der Waals surface area contributed by atoms with Gasteiger partial charge in [0.2, 0.25) is 10.0 Å². The van der Waals surface area contributed by atoms with Gasteiger partial charge in [0.05, 0.1) is 6.26 Å². The molecule has 1 aliphatic heterocycles. The second-order valence-corrected chi connectivity index (χ2v) is 9.67. The minimum atomic E-state index is -3.15. The van der Waals surface area contributed by atoms with Gasteiger partial charge in [0, 0.05) is 44.8 Å². The molecule has 2 fully saturated rings. The number of likely N-dealkylation sites (N-methyl/N-ethyl adjacent to an activating group) is 1. The molecule has 5 nitrogen and oxygen atoms in total. The summed E-state index contributed by atoms with van der Waals surface area (Å²) in [7, 11) is -0.981. The molecule has 1 atom stereocenters. The van der Waals surface area contributed by atoms with Crippen LogP contribution < -0.4 is 0 Å². The van der Waals surface area contributed by atoms with E-state index in [-0.39, 0.29) is 6.04 Å². The van der Waals surface area contributed by atoms with Gasteiger partial charge in [0.15, 0.2) is 0 Å². The first-order valence-electron chi connectivity index (χ1n) is 9.18. The van der Waals surface area contributed by atoms with Crippen molar-refractivity contribution >= 4 is 10.0 Å². The van der Waals surface area contributed by atoms with E-state index in [1.54, 1.807) is 4.31 Å². The zero-order chi connectivity index (χ0) is 17.0. The van der Waals surface area contributed by atoms with Gasteiger partial charge in [-0.3, -0.25) is 4.90 Å². The third-order valence-electron chi connectivity index (χ3n) is 5.57. The highest BCUT2D eigenvalue weighted by Gasteiger charge is 2.34. The lowest BCUT2D eigenvalue weighted by Gasteiger charge is -2.44. The van der Waals surface area contributed by atoms with Crippen LogP contribution in [0.1, 0.15) is 46.0 Å². The van der Waals surface area contributed by atoms with Crippen molar-refractivity contribution in [3.63, 3.8) is 0 Å². The minimum Gasteiger partial charge on any atom is -0.304 e. The van der Waals surface area contributed by atoms with Gasteiger partial charge in [-0.1, -0.05) is 19.3 Å². The Balaban J connectivity index is 2.14. The van der Waals surface area contributed by atoms with Crippen molar-refractivity contribution in [2.24, 2.45) is 5.92 Å². The predicted molar refractivity (Wildman–Crippen MR) is 96.1 cm³/mol.